The fourth-order valence-electron chi connectivity index (χ4n) is 2.14. The highest BCUT2D eigenvalue weighted by Gasteiger charge is 2.15. The lowest BCUT2D eigenvalue weighted by molar-refractivity contribution is 0.435. The number of para-hydroxylation sites is 1. The highest BCUT2D eigenvalue weighted by atomic mass is 15.0. The molecule has 15 heavy (non-hydrogen) atoms. The fourth-order valence-corrected chi connectivity index (χ4v) is 2.14. The van der Waals surface area contributed by atoms with Gasteiger partial charge in [0.1, 0.15) is 0 Å². The fraction of sp³-hybridized carbons (Fsp3) is 0.538. The highest BCUT2D eigenvalue weighted by Crippen LogP contribution is 2.18. The van der Waals surface area contributed by atoms with Crippen LogP contribution in [-0.4, -0.2) is 12.6 Å². The molecule has 2 rings (SSSR count). The van der Waals surface area contributed by atoms with Gasteiger partial charge in [0.2, 0.25) is 0 Å². The second kappa shape index (κ2) is 4.67. The molecule has 2 N–H and O–H groups in total. The molecule has 2 heteroatoms. The molecule has 0 radical (unpaired) electrons. The van der Waals surface area contributed by atoms with E-state index < -0.39 is 0 Å². The number of benzene rings is 1. The summed E-state index contributed by atoms with van der Waals surface area (Å²) in [6.07, 6.45) is 1.24. The molecule has 2 nitrogen and oxygen atoms in total. The smallest absolute Gasteiger partial charge is 0.0386 e. The average Bonchev–Trinajstić information content (AvgIpc) is 2.41. The predicted molar refractivity (Wildman–Crippen MR) is 65.0 cm³/mol. The molecule has 0 amide bonds. The summed E-state index contributed by atoms with van der Waals surface area (Å²) >= 11 is 0. The lowest BCUT2D eigenvalue weighted by atomic mass is 10.0. The Morgan fingerprint density at radius 2 is 2.13 bits per heavy atom. The molecule has 0 bridgehead atoms. The summed E-state index contributed by atoms with van der Waals surface area (Å²) in [4.78, 5) is 0. The summed E-state index contributed by atoms with van der Waals surface area (Å²) in [5.41, 5.74) is 2.67. The number of fused-ring (bicyclic) bond motifs is 1. The van der Waals surface area contributed by atoms with Crippen LogP contribution in [0.3, 0.4) is 0 Å². The molecule has 0 saturated carbocycles. The van der Waals surface area contributed by atoms with Gasteiger partial charge in [-0.1, -0.05) is 32.0 Å². The summed E-state index contributed by atoms with van der Waals surface area (Å²) in [5.74, 6) is 0.755. The highest BCUT2D eigenvalue weighted by molar-refractivity contribution is 5.51. The predicted octanol–water partition coefficient (Wildman–Crippen LogP) is 2.62. The van der Waals surface area contributed by atoms with Crippen LogP contribution in [0.4, 0.5) is 5.69 Å². The van der Waals surface area contributed by atoms with E-state index in [9.17, 15) is 0 Å². The molecule has 82 valence electrons. The lowest BCUT2D eigenvalue weighted by Gasteiger charge is -2.17. The van der Waals surface area contributed by atoms with Crippen LogP contribution in [-0.2, 0) is 6.54 Å². The maximum absolute atomic E-state index is 3.61. The van der Waals surface area contributed by atoms with E-state index in [-0.39, 0.29) is 0 Å². The van der Waals surface area contributed by atoms with Crippen LogP contribution < -0.4 is 10.6 Å². The molecule has 1 heterocycles. The van der Waals surface area contributed by atoms with Crippen LogP contribution in [0.2, 0.25) is 0 Å². The minimum Gasteiger partial charge on any atom is -0.383 e. The maximum atomic E-state index is 3.61. The molecule has 0 saturated heterocycles. The summed E-state index contributed by atoms with van der Waals surface area (Å²) in [6, 6.07) is 9.14. The van der Waals surface area contributed by atoms with E-state index in [1.165, 1.54) is 17.7 Å². The monoisotopic (exact) mass is 204 g/mol. The number of nitrogens with one attached hydrogen (secondary N) is 2. The van der Waals surface area contributed by atoms with E-state index in [2.05, 4.69) is 48.7 Å². The Kier molecular flexibility index (Phi) is 3.27. The van der Waals surface area contributed by atoms with Crippen LogP contribution in [0.15, 0.2) is 24.3 Å². The normalized spacial score (nSPS) is 20.6. The Balaban J connectivity index is 2.02. The molecule has 1 aliphatic heterocycles. The zero-order valence-electron chi connectivity index (χ0n) is 9.59. The number of hydrogen-bond acceptors (Lipinski definition) is 2. The topological polar surface area (TPSA) is 24.1 Å². The third kappa shape index (κ3) is 2.72. The molecule has 0 aliphatic carbocycles. The first kappa shape index (κ1) is 10.5. The SMILES string of the molecule is CC(C)CC1CNc2ccccc2CN1. The zero-order valence-corrected chi connectivity index (χ0v) is 9.59. The molecular weight excluding hydrogens is 184 g/mol. The molecule has 1 aromatic carbocycles. The summed E-state index contributed by atoms with van der Waals surface area (Å²) in [5, 5.41) is 7.12. The van der Waals surface area contributed by atoms with Gasteiger partial charge in [0, 0.05) is 24.8 Å². The standard InChI is InChI=1S/C13H20N2/c1-10(2)7-12-9-15-13-6-4-3-5-11(13)8-14-12/h3-6,10,12,14-15H,7-9H2,1-2H3. The van der Waals surface area contributed by atoms with E-state index in [0.717, 1.165) is 19.0 Å². The van der Waals surface area contributed by atoms with Crippen molar-refractivity contribution in [1.29, 1.82) is 0 Å². The molecule has 1 atom stereocenters. The van der Waals surface area contributed by atoms with Crippen molar-refractivity contribution in [2.24, 2.45) is 5.92 Å². The Morgan fingerprint density at radius 1 is 1.33 bits per heavy atom. The van der Waals surface area contributed by atoms with E-state index >= 15 is 0 Å². The van der Waals surface area contributed by atoms with Crippen molar-refractivity contribution in [3.05, 3.63) is 29.8 Å². The van der Waals surface area contributed by atoms with Gasteiger partial charge in [0.05, 0.1) is 0 Å². The maximum Gasteiger partial charge on any atom is 0.0386 e. The van der Waals surface area contributed by atoms with Gasteiger partial charge in [0.15, 0.2) is 0 Å². The van der Waals surface area contributed by atoms with Crippen molar-refractivity contribution in [3.8, 4) is 0 Å². The van der Waals surface area contributed by atoms with E-state index in [4.69, 9.17) is 0 Å². The minimum atomic E-state index is 0.595. The number of hydrogen-bond donors (Lipinski definition) is 2. The quantitative estimate of drug-likeness (QED) is 0.774. The minimum absolute atomic E-state index is 0.595. The molecule has 0 spiro atoms. The van der Waals surface area contributed by atoms with Crippen molar-refractivity contribution in [2.45, 2.75) is 32.9 Å². The molecule has 0 fully saturated rings. The van der Waals surface area contributed by atoms with Crippen LogP contribution in [0.1, 0.15) is 25.8 Å². The molecule has 1 aromatic rings. The average molecular weight is 204 g/mol. The number of anilines is 1. The summed E-state index contributed by atoms with van der Waals surface area (Å²) in [7, 11) is 0. The van der Waals surface area contributed by atoms with E-state index in [1.807, 2.05) is 0 Å². The third-order valence-corrected chi connectivity index (χ3v) is 2.89. The molecule has 1 unspecified atom stereocenters. The van der Waals surface area contributed by atoms with Gasteiger partial charge < -0.3 is 10.6 Å². The van der Waals surface area contributed by atoms with Gasteiger partial charge >= 0.3 is 0 Å². The Morgan fingerprint density at radius 3 is 2.93 bits per heavy atom. The third-order valence-electron chi connectivity index (χ3n) is 2.89. The Hall–Kier alpha value is -1.02. The van der Waals surface area contributed by atoms with Gasteiger partial charge in [-0.3, -0.25) is 0 Å². The Bertz CT molecular complexity index is 293. The first-order valence-electron chi connectivity index (χ1n) is 5.81. The zero-order chi connectivity index (χ0) is 10.7. The van der Waals surface area contributed by atoms with E-state index in [0.29, 0.717) is 6.04 Å². The summed E-state index contributed by atoms with van der Waals surface area (Å²) in [6.45, 7) is 6.58. The molecule has 1 aliphatic rings. The van der Waals surface area contributed by atoms with Gasteiger partial charge in [-0.2, -0.15) is 0 Å². The van der Waals surface area contributed by atoms with Crippen LogP contribution in [0.5, 0.6) is 0 Å². The van der Waals surface area contributed by atoms with Crippen LogP contribution in [0.25, 0.3) is 0 Å². The first-order chi connectivity index (χ1) is 7.25. The Labute approximate surface area is 92.1 Å². The summed E-state index contributed by atoms with van der Waals surface area (Å²) < 4.78 is 0. The van der Waals surface area contributed by atoms with Gasteiger partial charge in [-0.25, -0.2) is 0 Å². The van der Waals surface area contributed by atoms with Crippen LogP contribution >= 0.6 is 0 Å². The van der Waals surface area contributed by atoms with Crippen molar-refractivity contribution in [1.82, 2.24) is 5.32 Å². The number of rotatable bonds is 2. The van der Waals surface area contributed by atoms with E-state index in [1.54, 1.807) is 0 Å². The van der Waals surface area contributed by atoms with Crippen molar-refractivity contribution in [2.75, 3.05) is 11.9 Å². The largest absolute Gasteiger partial charge is 0.383 e. The second-order valence-electron chi connectivity index (χ2n) is 4.75. The van der Waals surface area contributed by atoms with Gasteiger partial charge in [0.25, 0.3) is 0 Å². The molecular formula is C13H20N2. The van der Waals surface area contributed by atoms with Crippen molar-refractivity contribution < 1.29 is 0 Å². The molecule has 0 aromatic heterocycles. The van der Waals surface area contributed by atoms with Crippen molar-refractivity contribution in [3.63, 3.8) is 0 Å². The first-order valence-corrected chi connectivity index (χ1v) is 5.81. The van der Waals surface area contributed by atoms with Gasteiger partial charge in [-0.05, 0) is 24.0 Å². The van der Waals surface area contributed by atoms with Crippen LogP contribution in [0, 0.1) is 5.92 Å². The second-order valence-corrected chi connectivity index (χ2v) is 4.75. The lowest BCUT2D eigenvalue weighted by Crippen LogP contribution is -2.33. The van der Waals surface area contributed by atoms with Gasteiger partial charge in [-0.15, -0.1) is 0 Å². The van der Waals surface area contributed by atoms with Crippen molar-refractivity contribution >= 4 is 5.69 Å².